The van der Waals surface area contributed by atoms with Crippen molar-refractivity contribution in [1.82, 2.24) is 10.2 Å². The number of allylic oxidation sites excluding steroid dienone is 1. The van der Waals surface area contributed by atoms with Crippen LogP contribution in [0.25, 0.3) is 0 Å². The van der Waals surface area contributed by atoms with Crippen LogP contribution in [0.4, 0.5) is 0 Å². The van der Waals surface area contributed by atoms with Crippen LogP contribution in [0, 0.1) is 5.92 Å². The first-order chi connectivity index (χ1) is 13.8. The van der Waals surface area contributed by atoms with Gasteiger partial charge in [0.05, 0.1) is 24.2 Å². The van der Waals surface area contributed by atoms with Gasteiger partial charge in [0.15, 0.2) is 0 Å². The zero-order valence-electron chi connectivity index (χ0n) is 18.4. The van der Waals surface area contributed by atoms with Gasteiger partial charge in [-0.3, -0.25) is 4.79 Å². The lowest BCUT2D eigenvalue weighted by molar-refractivity contribution is -0.142. The molecule has 5 atom stereocenters. The summed E-state index contributed by atoms with van der Waals surface area (Å²) in [6, 6.07) is 0.824. The molecule has 0 saturated carbocycles. The van der Waals surface area contributed by atoms with Gasteiger partial charge in [0.2, 0.25) is 0 Å². The van der Waals surface area contributed by atoms with Crippen LogP contribution in [0.5, 0.6) is 0 Å². The number of aliphatic hydroxyl groups excluding tert-OH is 1. The van der Waals surface area contributed by atoms with Crippen LogP contribution in [0.1, 0.15) is 84.5 Å². The Bertz CT molecular complexity index is 527. The second-order valence-corrected chi connectivity index (χ2v) is 9.21. The van der Waals surface area contributed by atoms with Gasteiger partial charge in [0, 0.05) is 12.6 Å². The number of rotatable bonds is 13. The van der Waals surface area contributed by atoms with Crippen molar-refractivity contribution in [3.8, 4) is 0 Å². The number of hydrogen-bond donors (Lipinski definition) is 4. The maximum Gasteiger partial charge on any atom is 0.306 e. The molecule has 0 aromatic heterocycles. The molecule has 4 N–H and O–H groups in total. The second kappa shape index (κ2) is 11.9. The van der Waals surface area contributed by atoms with E-state index in [4.69, 9.17) is 5.11 Å². The molecule has 0 radical (unpaired) electrons. The van der Waals surface area contributed by atoms with Crippen molar-refractivity contribution in [3.05, 3.63) is 12.3 Å². The predicted molar refractivity (Wildman–Crippen MR) is 116 cm³/mol. The maximum atomic E-state index is 11.0. The number of carbonyl (C=O) groups is 1. The molecule has 0 amide bonds. The fourth-order valence-corrected chi connectivity index (χ4v) is 4.91. The van der Waals surface area contributed by atoms with Crippen molar-refractivity contribution >= 4 is 5.97 Å². The molecule has 1 saturated heterocycles. The molecule has 2 aliphatic rings. The number of unbranched alkanes of at least 4 members (excludes halogenated alkanes) is 4. The lowest BCUT2D eigenvalue weighted by Crippen LogP contribution is -2.50. The monoisotopic (exact) mass is 410 g/mol. The Morgan fingerprint density at radius 3 is 2.66 bits per heavy atom. The van der Waals surface area contributed by atoms with Gasteiger partial charge in [0.1, 0.15) is 0 Å². The van der Waals surface area contributed by atoms with E-state index in [0.29, 0.717) is 24.9 Å². The zero-order valence-corrected chi connectivity index (χ0v) is 18.4. The normalized spacial score (nSPS) is 28.8. The molecule has 5 unspecified atom stereocenters. The van der Waals surface area contributed by atoms with Crippen LogP contribution in [-0.2, 0) is 4.79 Å². The van der Waals surface area contributed by atoms with Gasteiger partial charge in [-0.05, 0) is 57.7 Å². The molecule has 0 bridgehead atoms. The third-order valence-electron chi connectivity index (χ3n) is 6.75. The molecule has 2 rings (SSSR count). The lowest BCUT2D eigenvalue weighted by Gasteiger charge is -2.46. The van der Waals surface area contributed by atoms with Crippen molar-refractivity contribution in [2.24, 2.45) is 5.92 Å². The van der Waals surface area contributed by atoms with Gasteiger partial charge in [0.25, 0.3) is 0 Å². The summed E-state index contributed by atoms with van der Waals surface area (Å²) >= 11 is 0. The Labute approximate surface area is 176 Å². The molecular formula is C23H42N2O4. The van der Waals surface area contributed by atoms with Gasteiger partial charge in [-0.1, -0.05) is 45.1 Å². The van der Waals surface area contributed by atoms with E-state index >= 15 is 0 Å². The number of hydrogen-bond acceptors (Lipinski definition) is 5. The first-order valence-electron chi connectivity index (χ1n) is 11.6. The Balaban J connectivity index is 1.59. The first-order valence-corrected chi connectivity index (χ1v) is 11.6. The van der Waals surface area contributed by atoms with Gasteiger partial charge in [-0.2, -0.15) is 0 Å². The number of nitrogens with one attached hydrogen (secondary N) is 1. The number of nitrogens with zero attached hydrogens (tertiary/aromatic N) is 1. The fraction of sp³-hybridized carbons (Fsp3) is 0.870. The summed E-state index contributed by atoms with van der Waals surface area (Å²) in [6.07, 6.45) is 14.6. The van der Waals surface area contributed by atoms with Gasteiger partial charge in [-0.25, -0.2) is 0 Å². The molecule has 6 nitrogen and oxygen atoms in total. The SMILES string of the molecule is CCNCC(O)(CCCCCCCC1C=CN2C(CCC(O)C2C)C1)CC(=O)O. The number of aliphatic carboxylic acids is 1. The average molecular weight is 411 g/mol. The summed E-state index contributed by atoms with van der Waals surface area (Å²) < 4.78 is 0. The van der Waals surface area contributed by atoms with E-state index in [9.17, 15) is 15.0 Å². The van der Waals surface area contributed by atoms with Crippen LogP contribution in [-0.4, -0.2) is 63.1 Å². The Morgan fingerprint density at radius 2 is 1.93 bits per heavy atom. The van der Waals surface area contributed by atoms with Crippen LogP contribution < -0.4 is 5.32 Å². The Morgan fingerprint density at radius 1 is 1.21 bits per heavy atom. The van der Waals surface area contributed by atoms with E-state index in [-0.39, 0.29) is 18.6 Å². The first kappa shape index (κ1) is 24.2. The highest BCUT2D eigenvalue weighted by atomic mass is 16.4. The standard InChI is InChI=1S/C23H42N2O4/c1-3-24-17-23(29,16-22(27)28)13-8-6-4-5-7-9-19-12-14-25-18(2)21(26)11-10-20(25)15-19/h12,14,18-21,24,26,29H,3-11,13,15-17H2,1-2H3,(H,27,28). The maximum absolute atomic E-state index is 11.0. The lowest BCUT2D eigenvalue weighted by atomic mass is 9.83. The van der Waals surface area contributed by atoms with Crippen LogP contribution in [0.2, 0.25) is 0 Å². The van der Waals surface area contributed by atoms with E-state index in [1.165, 1.54) is 25.7 Å². The molecule has 1 fully saturated rings. The minimum Gasteiger partial charge on any atom is -0.481 e. The molecule has 0 aromatic rings. The number of aliphatic hydroxyl groups is 2. The van der Waals surface area contributed by atoms with E-state index in [0.717, 1.165) is 38.6 Å². The molecule has 2 heterocycles. The van der Waals surface area contributed by atoms with Gasteiger partial charge >= 0.3 is 5.97 Å². The average Bonchev–Trinajstić information content (AvgIpc) is 2.68. The van der Waals surface area contributed by atoms with E-state index < -0.39 is 11.6 Å². The van der Waals surface area contributed by atoms with Crippen LogP contribution in [0.15, 0.2) is 12.3 Å². The highest BCUT2D eigenvalue weighted by molar-refractivity contribution is 5.68. The molecule has 168 valence electrons. The highest BCUT2D eigenvalue weighted by Crippen LogP contribution is 2.33. The molecule has 0 aromatic carbocycles. The predicted octanol–water partition coefficient (Wildman–Crippen LogP) is 3.28. The number of carboxylic acid groups (broad SMARTS) is 1. The van der Waals surface area contributed by atoms with Crippen LogP contribution in [0.3, 0.4) is 0 Å². The third-order valence-corrected chi connectivity index (χ3v) is 6.75. The summed E-state index contributed by atoms with van der Waals surface area (Å²) in [5.41, 5.74) is -1.13. The molecular weight excluding hydrogens is 368 g/mol. The summed E-state index contributed by atoms with van der Waals surface area (Å²) in [6.45, 7) is 5.16. The van der Waals surface area contributed by atoms with Crippen LogP contribution >= 0.6 is 0 Å². The van der Waals surface area contributed by atoms with Gasteiger partial charge < -0.3 is 25.5 Å². The molecule has 29 heavy (non-hydrogen) atoms. The Hall–Kier alpha value is -1.11. The summed E-state index contributed by atoms with van der Waals surface area (Å²) in [5, 5.41) is 32.7. The molecule has 2 aliphatic heterocycles. The summed E-state index contributed by atoms with van der Waals surface area (Å²) in [5.74, 6) is -0.286. The molecule has 0 aliphatic carbocycles. The molecule has 6 heteroatoms. The molecule has 0 spiro atoms. The fourth-order valence-electron chi connectivity index (χ4n) is 4.91. The third kappa shape index (κ3) is 7.91. The van der Waals surface area contributed by atoms with Crippen molar-refractivity contribution in [3.63, 3.8) is 0 Å². The van der Waals surface area contributed by atoms with Gasteiger partial charge in [-0.15, -0.1) is 0 Å². The smallest absolute Gasteiger partial charge is 0.306 e. The van der Waals surface area contributed by atoms with Crippen molar-refractivity contribution < 1.29 is 20.1 Å². The Kier molecular flexibility index (Phi) is 9.93. The zero-order chi connectivity index (χ0) is 21.3. The number of likely N-dealkylation sites (N-methyl/N-ethyl adjacent to an activating group) is 1. The number of fused-ring (bicyclic) bond motifs is 1. The van der Waals surface area contributed by atoms with Crippen molar-refractivity contribution in [1.29, 1.82) is 0 Å². The number of piperidine rings is 1. The van der Waals surface area contributed by atoms with E-state index in [1.54, 1.807) is 0 Å². The quantitative estimate of drug-likeness (QED) is 0.348. The topological polar surface area (TPSA) is 93.0 Å². The van der Waals surface area contributed by atoms with E-state index in [1.807, 2.05) is 6.92 Å². The second-order valence-electron chi connectivity index (χ2n) is 9.21. The minimum absolute atomic E-state index is 0.193. The minimum atomic E-state index is -1.13. The summed E-state index contributed by atoms with van der Waals surface area (Å²) in [7, 11) is 0. The highest BCUT2D eigenvalue weighted by Gasteiger charge is 2.34. The van der Waals surface area contributed by atoms with E-state index in [2.05, 4.69) is 29.4 Å². The van der Waals surface area contributed by atoms with Crippen molar-refractivity contribution in [2.75, 3.05) is 13.1 Å². The number of carboxylic acids is 1. The summed E-state index contributed by atoms with van der Waals surface area (Å²) in [4.78, 5) is 13.4. The largest absolute Gasteiger partial charge is 0.481 e. The van der Waals surface area contributed by atoms with Crippen molar-refractivity contribution in [2.45, 2.75) is 108 Å².